The molecule has 6 nitrogen and oxygen atoms in total. The number of aromatic nitrogens is 1. The summed E-state index contributed by atoms with van der Waals surface area (Å²) in [6, 6.07) is 12.1. The van der Waals surface area contributed by atoms with Crippen molar-refractivity contribution in [2.24, 2.45) is 0 Å². The molecule has 5 atom stereocenters. The minimum Gasteiger partial charge on any atom is -0.460 e. The highest BCUT2D eigenvalue weighted by Gasteiger charge is 2.44. The van der Waals surface area contributed by atoms with Gasteiger partial charge in [0.15, 0.2) is 5.44 Å². The van der Waals surface area contributed by atoms with Crippen molar-refractivity contribution in [1.29, 1.82) is 0 Å². The quantitative estimate of drug-likeness (QED) is 0.585. The lowest BCUT2D eigenvalue weighted by atomic mass is 10.0. The molecule has 2 heterocycles. The summed E-state index contributed by atoms with van der Waals surface area (Å²) in [4.78, 5) is 4.28. The zero-order valence-electron chi connectivity index (χ0n) is 15.1. The molecule has 1 aliphatic heterocycles. The molecule has 0 aliphatic carbocycles. The predicted molar refractivity (Wildman–Crippen MR) is 104 cm³/mol. The Morgan fingerprint density at radius 2 is 1.70 bits per heavy atom. The summed E-state index contributed by atoms with van der Waals surface area (Å²) >= 11 is 1.09. The van der Waals surface area contributed by atoms with Gasteiger partial charge in [0.1, 0.15) is 12.2 Å². The van der Waals surface area contributed by atoms with Crippen LogP contribution >= 0.6 is 11.8 Å². The molecule has 27 heavy (non-hydrogen) atoms. The maximum atomic E-state index is 10.3. The molecule has 0 saturated carbocycles. The molecule has 5 unspecified atom stereocenters. The van der Waals surface area contributed by atoms with Crippen molar-refractivity contribution in [2.75, 3.05) is 6.61 Å². The van der Waals surface area contributed by atoms with E-state index in [1.165, 1.54) is 5.56 Å². The third-order valence-electron chi connectivity index (χ3n) is 4.75. The zero-order chi connectivity index (χ0) is 19.4. The smallest absolute Gasteiger partial charge is 0.218 e. The molecule has 2 aromatic rings. The maximum absolute atomic E-state index is 10.3. The summed E-state index contributed by atoms with van der Waals surface area (Å²) in [5, 5.41) is 39.0. The van der Waals surface area contributed by atoms with Crippen molar-refractivity contribution in [3.05, 3.63) is 59.3 Å². The van der Waals surface area contributed by atoms with Crippen molar-refractivity contribution >= 4 is 11.8 Å². The van der Waals surface area contributed by atoms with Crippen molar-refractivity contribution in [3.8, 4) is 5.88 Å². The summed E-state index contributed by atoms with van der Waals surface area (Å²) in [5.74, 6) is 0.369. The molecule has 0 bridgehead atoms. The van der Waals surface area contributed by atoms with Gasteiger partial charge in [0, 0.05) is 18.2 Å². The van der Waals surface area contributed by atoms with Crippen LogP contribution in [0.4, 0.5) is 0 Å². The van der Waals surface area contributed by atoms with Crippen LogP contribution in [-0.2, 0) is 12.8 Å². The molecule has 3 rings (SSSR count). The van der Waals surface area contributed by atoms with Gasteiger partial charge in [-0.25, -0.2) is 4.98 Å². The second-order valence-corrected chi connectivity index (χ2v) is 7.97. The molecule has 146 valence electrons. The van der Waals surface area contributed by atoms with Crippen LogP contribution in [0.15, 0.2) is 42.6 Å². The number of aliphatic hydroxyl groups excluding tert-OH is 4. The van der Waals surface area contributed by atoms with E-state index >= 15 is 0 Å². The highest BCUT2D eigenvalue weighted by Crippen LogP contribution is 2.34. The number of pyridine rings is 1. The van der Waals surface area contributed by atoms with Crippen LogP contribution in [0.3, 0.4) is 0 Å². The first-order valence-corrected chi connectivity index (χ1v) is 9.96. The minimum absolute atomic E-state index is 0.325. The number of benzene rings is 1. The lowest BCUT2D eigenvalue weighted by molar-refractivity contribution is -0.0915. The fourth-order valence-electron chi connectivity index (χ4n) is 3.05. The summed E-state index contributed by atoms with van der Waals surface area (Å²) in [6.07, 6.45) is -0.676. The lowest BCUT2D eigenvalue weighted by Crippen LogP contribution is -2.55. The van der Waals surface area contributed by atoms with Gasteiger partial charge in [0.2, 0.25) is 5.88 Å². The van der Waals surface area contributed by atoms with Crippen LogP contribution in [0.25, 0.3) is 0 Å². The second kappa shape index (κ2) is 9.03. The number of hydrogen-bond acceptors (Lipinski definition) is 7. The van der Waals surface area contributed by atoms with Crippen molar-refractivity contribution in [2.45, 2.75) is 48.8 Å². The van der Waals surface area contributed by atoms with Crippen LogP contribution in [-0.4, -0.2) is 61.0 Å². The standard InChI is InChI=1S/C20H25NO5S/c1-2-12-5-7-13(8-6-12)10-14-4-3-9-21-19(14)26-20-18(25)17(24)16(23)15(11-22)27-20/h3-9,15-18,20,22-25H,2,10-11H2,1H3. The SMILES string of the molecule is CCc1ccc(Cc2cccnc2OC2SC(CO)C(O)C(O)C2O)cc1. The number of thioether (sulfide) groups is 1. The van der Waals surface area contributed by atoms with Crippen LogP contribution in [0.5, 0.6) is 5.88 Å². The van der Waals surface area contributed by atoms with Crippen LogP contribution in [0.1, 0.15) is 23.6 Å². The summed E-state index contributed by atoms with van der Waals surface area (Å²) in [7, 11) is 0. The molecule has 1 aromatic carbocycles. The minimum atomic E-state index is -1.39. The normalized spacial score (nSPS) is 28.1. The van der Waals surface area contributed by atoms with E-state index in [-0.39, 0.29) is 6.61 Å². The van der Waals surface area contributed by atoms with E-state index in [1.54, 1.807) is 6.20 Å². The molecule has 1 aromatic heterocycles. The van der Waals surface area contributed by atoms with Crippen LogP contribution in [0, 0.1) is 0 Å². The number of aliphatic hydroxyl groups is 4. The van der Waals surface area contributed by atoms with E-state index < -0.39 is 29.0 Å². The fourth-order valence-corrected chi connectivity index (χ4v) is 4.27. The average Bonchev–Trinajstić information content (AvgIpc) is 2.70. The zero-order valence-corrected chi connectivity index (χ0v) is 15.9. The van der Waals surface area contributed by atoms with Gasteiger partial charge in [-0.05, 0) is 23.6 Å². The third kappa shape index (κ3) is 4.62. The third-order valence-corrected chi connectivity index (χ3v) is 6.17. The highest BCUT2D eigenvalue weighted by molar-refractivity contribution is 8.00. The van der Waals surface area contributed by atoms with E-state index in [1.807, 2.05) is 12.1 Å². The Morgan fingerprint density at radius 3 is 2.37 bits per heavy atom. The number of hydrogen-bond donors (Lipinski definition) is 4. The Labute approximate surface area is 162 Å². The van der Waals surface area contributed by atoms with E-state index in [0.717, 1.165) is 29.3 Å². The monoisotopic (exact) mass is 391 g/mol. The second-order valence-electron chi connectivity index (χ2n) is 6.63. The van der Waals surface area contributed by atoms with Gasteiger partial charge in [-0.3, -0.25) is 0 Å². The Bertz CT molecular complexity index is 739. The Morgan fingerprint density at radius 1 is 1.00 bits per heavy atom. The van der Waals surface area contributed by atoms with E-state index in [0.29, 0.717) is 12.3 Å². The van der Waals surface area contributed by atoms with Gasteiger partial charge in [-0.1, -0.05) is 37.3 Å². The highest BCUT2D eigenvalue weighted by atomic mass is 32.2. The topological polar surface area (TPSA) is 103 Å². The maximum Gasteiger partial charge on any atom is 0.218 e. The molecule has 4 N–H and O–H groups in total. The Kier molecular flexibility index (Phi) is 6.73. The number of ether oxygens (including phenoxy) is 1. The first-order valence-electron chi connectivity index (χ1n) is 9.02. The molecular weight excluding hydrogens is 366 g/mol. The van der Waals surface area contributed by atoms with Gasteiger partial charge in [0.05, 0.1) is 18.0 Å². The molecule has 0 spiro atoms. The van der Waals surface area contributed by atoms with Crippen molar-refractivity contribution in [1.82, 2.24) is 4.98 Å². The average molecular weight is 391 g/mol. The van der Waals surface area contributed by atoms with Gasteiger partial charge in [-0.2, -0.15) is 0 Å². The number of rotatable bonds is 6. The fraction of sp³-hybridized carbons (Fsp3) is 0.450. The van der Waals surface area contributed by atoms with Crippen LogP contribution < -0.4 is 4.74 Å². The first-order chi connectivity index (χ1) is 13.0. The predicted octanol–water partition coefficient (Wildman–Crippen LogP) is 1.13. The summed E-state index contributed by atoms with van der Waals surface area (Å²) in [5.41, 5.74) is 2.41. The van der Waals surface area contributed by atoms with Gasteiger partial charge < -0.3 is 25.2 Å². The van der Waals surface area contributed by atoms with E-state index in [9.17, 15) is 20.4 Å². The Balaban J connectivity index is 1.77. The molecule has 1 aliphatic rings. The molecular formula is C20H25NO5S. The number of aryl methyl sites for hydroxylation is 1. The van der Waals surface area contributed by atoms with Crippen molar-refractivity contribution in [3.63, 3.8) is 0 Å². The molecule has 1 saturated heterocycles. The molecule has 0 radical (unpaired) electrons. The molecule has 7 heteroatoms. The summed E-state index contributed by atoms with van der Waals surface area (Å²) < 4.78 is 5.89. The molecule has 1 fully saturated rings. The van der Waals surface area contributed by atoms with Crippen LogP contribution in [0.2, 0.25) is 0 Å². The van der Waals surface area contributed by atoms with Crippen molar-refractivity contribution < 1.29 is 25.2 Å². The van der Waals surface area contributed by atoms with E-state index in [4.69, 9.17) is 4.74 Å². The lowest BCUT2D eigenvalue weighted by Gasteiger charge is -2.39. The molecule has 0 amide bonds. The van der Waals surface area contributed by atoms with E-state index in [2.05, 4.69) is 36.2 Å². The summed E-state index contributed by atoms with van der Waals surface area (Å²) in [6.45, 7) is 1.79. The number of nitrogens with zero attached hydrogens (tertiary/aromatic N) is 1. The first kappa shape index (κ1) is 20.1. The Hall–Kier alpha value is -1.64. The van der Waals surface area contributed by atoms with Gasteiger partial charge in [-0.15, -0.1) is 11.8 Å². The van der Waals surface area contributed by atoms with Gasteiger partial charge >= 0.3 is 0 Å². The largest absolute Gasteiger partial charge is 0.460 e. The van der Waals surface area contributed by atoms with Gasteiger partial charge in [0.25, 0.3) is 0 Å².